The number of aromatic nitrogens is 4. The molecule has 0 saturated heterocycles. The molecule has 0 unspecified atom stereocenters. The van der Waals surface area contributed by atoms with Crippen molar-refractivity contribution in [2.24, 2.45) is 0 Å². The third-order valence-corrected chi connectivity index (χ3v) is 3.65. The molecule has 0 bridgehead atoms. The molecule has 4 aromatic rings. The lowest BCUT2D eigenvalue weighted by Crippen LogP contribution is -2.10. The van der Waals surface area contributed by atoms with E-state index in [1.54, 1.807) is 22.9 Å². The lowest BCUT2D eigenvalue weighted by Gasteiger charge is -2.02. The summed E-state index contributed by atoms with van der Waals surface area (Å²) in [4.78, 5) is 12.3. The second-order valence-corrected chi connectivity index (χ2v) is 5.79. The summed E-state index contributed by atoms with van der Waals surface area (Å²) in [5, 5.41) is 15.5. The molecule has 0 fully saturated rings. The molecule has 0 saturated carbocycles. The molecule has 0 spiro atoms. The van der Waals surface area contributed by atoms with Crippen LogP contribution in [-0.2, 0) is 0 Å². The van der Waals surface area contributed by atoms with Gasteiger partial charge in [0, 0.05) is 17.6 Å². The molecule has 3 aromatic heterocycles. The Morgan fingerprint density at radius 1 is 1.16 bits per heavy atom. The second kappa shape index (κ2) is 5.90. The minimum Gasteiger partial charge on any atom is -0.451 e. The molecule has 1 aromatic carbocycles. The third-order valence-electron chi connectivity index (χ3n) is 3.65. The van der Waals surface area contributed by atoms with Crippen molar-refractivity contribution in [3.05, 3.63) is 48.4 Å². The smallest absolute Gasteiger partial charge is 0.322 e. The van der Waals surface area contributed by atoms with E-state index in [1.807, 2.05) is 38.2 Å². The van der Waals surface area contributed by atoms with Crippen LogP contribution < -0.4 is 5.32 Å². The van der Waals surface area contributed by atoms with Gasteiger partial charge in [-0.15, -0.1) is 5.10 Å². The zero-order chi connectivity index (χ0) is 17.4. The van der Waals surface area contributed by atoms with E-state index >= 15 is 0 Å². The number of hydrogen-bond acceptors (Lipinski definition) is 6. The number of furan rings is 1. The Morgan fingerprint density at radius 2 is 2.00 bits per heavy atom. The average Bonchev–Trinajstić information content (AvgIpc) is 3.32. The van der Waals surface area contributed by atoms with Gasteiger partial charge < -0.3 is 8.83 Å². The van der Waals surface area contributed by atoms with E-state index in [0.717, 1.165) is 5.39 Å². The summed E-state index contributed by atoms with van der Waals surface area (Å²) in [5.74, 6) is -0.0524. The van der Waals surface area contributed by atoms with Crippen LogP contribution in [0.25, 0.3) is 22.6 Å². The van der Waals surface area contributed by atoms with Crippen LogP contribution in [0, 0.1) is 0 Å². The van der Waals surface area contributed by atoms with Gasteiger partial charge in [0.15, 0.2) is 5.76 Å². The van der Waals surface area contributed by atoms with Crippen molar-refractivity contribution < 1.29 is 13.6 Å². The first-order valence-electron chi connectivity index (χ1n) is 7.79. The molecule has 8 heteroatoms. The molecular weight excluding hydrogens is 322 g/mol. The number of nitrogens with one attached hydrogen (secondary N) is 1. The van der Waals surface area contributed by atoms with Gasteiger partial charge in [-0.1, -0.05) is 23.3 Å². The number of para-hydroxylation sites is 1. The van der Waals surface area contributed by atoms with Crippen molar-refractivity contribution >= 4 is 22.9 Å². The third kappa shape index (κ3) is 2.89. The Balaban J connectivity index is 1.52. The van der Waals surface area contributed by atoms with Crippen molar-refractivity contribution in [2.75, 3.05) is 5.32 Å². The molecule has 126 valence electrons. The second-order valence-electron chi connectivity index (χ2n) is 5.79. The SMILES string of the molecule is CC(C)n1ccc(-c2nnc(NC(=O)c3cc4ccccc4o3)o2)n1. The Labute approximate surface area is 142 Å². The van der Waals surface area contributed by atoms with E-state index in [0.29, 0.717) is 11.3 Å². The Kier molecular flexibility index (Phi) is 3.57. The van der Waals surface area contributed by atoms with Crippen LogP contribution in [0.15, 0.2) is 51.4 Å². The fourth-order valence-corrected chi connectivity index (χ4v) is 2.37. The molecular formula is C17H15N5O3. The first-order valence-corrected chi connectivity index (χ1v) is 7.79. The summed E-state index contributed by atoms with van der Waals surface area (Å²) in [6.45, 7) is 4.03. The van der Waals surface area contributed by atoms with Crippen LogP contribution in [0.3, 0.4) is 0 Å². The average molecular weight is 337 g/mol. The highest BCUT2D eigenvalue weighted by molar-refractivity contribution is 6.03. The molecule has 4 rings (SSSR count). The number of fused-ring (bicyclic) bond motifs is 1. The van der Waals surface area contributed by atoms with Gasteiger partial charge >= 0.3 is 6.01 Å². The molecule has 25 heavy (non-hydrogen) atoms. The largest absolute Gasteiger partial charge is 0.451 e. The minimum absolute atomic E-state index is 0.0143. The van der Waals surface area contributed by atoms with Crippen LogP contribution in [0.5, 0.6) is 0 Å². The summed E-state index contributed by atoms with van der Waals surface area (Å²) in [5.41, 5.74) is 1.18. The van der Waals surface area contributed by atoms with Crippen LogP contribution in [-0.4, -0.2) is 25.9 Å². The Bertz CT molecular complexity index is 1010. The number of carbonyl (C=O) groups is 1. The van der Waals surface area contributed by atoms with Crippen molar-refractivity contribution in [1.29, 1.82) is 0 Å². The zero-order valence-corrected chi connectivity index (χ0v) is 13.6. The predicted molar refractivity (Wildman–Crippen MR) is 90.1 cm³/mol. The van der Waals surface area contributed by atoms with Crippen LogP contribution in [0.4, 0.5) is 6.01 Å². The normalized spacial score (nSPS) is 11.3. The first-order chi connectivity index (χ1) is 12.1. The van der Waals surface area contributed by atoms with Gasteiger partial charge in [0.1, 0.15) is 11.3 Å². The van der Waals surface area contributed by atoms with E-state index in [4.69, 9.17) is 8.83 Å². The number of carbonyl (C=O) groups excluding carboxylic acids is 1. The molecule has 1 N–H and O–H groups in total. The first kappa shape index (κ1) is 15.1. The van der Waals surface area contributed by atoms with E-state index in [2.05, 4.69) is 20.6 Å². The lowest BCUT2D eigenvalue weighted by molar-refractivity contribution is 0.0996. The standard InChI is InChI=1S/C17H15N5O3/c1-10(2)22-8-7-12(21-22)16-19-20-17(25-16)18-15(23)14-9-11-5-3-4-6-13(11)24-14/h3-10H,1-2H3,(H,18,20,23). The Hall–Kier alpha value is -3.42. The van der Waals surface area contributed by atoms with Crippen molar-refractivity contribution in [3.8, 4) is 11.6 Å². The summed E-state index contributed by atoms with van der Waals surface area (Å²) in [6, 6.07) is 11.0. The summed E-state index contributed by atoms with van der Waals surface area (Å²) >= 11 is 0. The highest BCUT2D eigenvalue weighted by atomic mass is 16.4. The van der Waals surface area contributed by atoms with Gasteiger partial charge in [-0.3, -0.25) is 14.8 Å². The number of hydrogen-bond donors (Lipinski definition) is 1. The maximum atomic E-state index is 12.3. The number of rotatable bonds is 4. The fourth-order valence-electron chi connectivity index (χ4n) is 2.37. The monoisotopic (exact) mass is 337 g/mol. The summed E-state index contributed by atoms with van der Waals surface area (Å²) in [6.07, 6.45) is 1.83. The van der Waals surface area contributed by atoms with Gasteiger partial charge in [0.2, 0.25) is 0 Å². The van der Waals surface area contributed by atoms with Crippen LogP contribution >= 0.6 is 0 Å². The molecule has 1 amide bonds. The zero-order valence-electron chi connectivity index (χ0n) is 13.6. The Morgan fingerprint density at radius 3 is 2.76 bits per heavy atom. The number of nitrogens with zero attached hydrogens (tertiary/aromatic N) is 4. The lowest BCUT2D eigenvalue weighted by atomic mass is 10.2. The van der Waals surface area contributed by atoms with Gasteiger partial charge in [-0.25, -0.2) is 0 Å². The molecule has 3 heterocycles. The number of anilines is 1. The highest BCUT2D eigenvalue weighted by Crippen LogP contribution is 2.21. The molecule has 0 radical (unpaired) electrons. The van der Waals surface area contributed by atoms with Crippen molar-refractivity contribution in [3.63, 3.8) is 0 Å². The topological polar surface area (TPSA) is 99.0 Å². The predicted octanol–water partition coefficient (Wildman–Crippen LogP) is 3.51. The molecule has 0 atom stereocenters. The van der Waals surface area contributed by atoms with Crippen molar-refractivity contribution in [2.45, 2.75) is 19.9 Å². The van der Waals surface area contributed by atoms with Crippen LogP contribution in [0.1, 0.15) is 30.4 Å². The van der Waals surface area contributed by atoms with Gasteiger partial charge in [-0.2, -0.15) is 5.10 Å². The number of amides is 1. The minimum atomic E-state index is -0.459. The fraction of sp³-hybridized carbons (Fsp3) is 0.176. The van der Waals surface area contributed by atoms with Gasteiger partial charge in [0.05, 0.1) is 0 Å². The molecule has 0 aliphatic carbocycles. The van der Waals surface area contributed by atoms with Crippen LogP contribution in [0.2, 0.25) is 0 Å². The van der Waals surface area contributed by atoms with Gasteiger partial charge in [0.25, 0.3) is 11.8 Å². The quantitative estimate of drug-likeness (QED) is 0.612. The summed E-state index contributed by atoms with van der Waals surface area (Å²) < 4.78 is 12.7. The summed E-state index contributed by atoms with van der Waals surface area (Å²) in [7, 11) is 0. The molecule has 8 nitrogen and oxygen atoms in total. The maximum absolute atomic E-state index is 12.3. The van der Waals surface area contributed by atoms with Gasteiger partial charge in [-0.05, 0) is 32.0 Å². The number of benzene rings is 1. The highest BCUT2D eigenvalue weighted by Gasteiger charge is 2.17. The van der Waals surface area contributed by atoms with Crippen molar-refractivity contribution in [1.82, 2.24) is 20.0 Å². The van der Waals surface area contributed by atoms with E-state index < -0.39 is 5.91 Å². The van der Waals surface area contributed by atoms with E-state index in [-0.39, 0.29) is 23.7 Å². The van der Waals surface area contributed by atoms with E-state index in [9.17, 15) is 4.79 Å². The molecule has 0 aliphatic rings. The maximum Gasteiger partial charge on any atom is 0.322 e. The molecule has 0 aliphatic heterocycles. The van der Waals surface area contributed by atoms with E-state index in [1.165, 1.54) is 0 Å².